The lowest BCUT2D eigenvalue weighted by Crippen LogP contribution is -2.06. The Morgan fingerprint density at radius 1 is 1.16 bits per heavy atom. The Morgan fingerprint density at radius 3 is 2.70 bits per heavy atom. The van der Waals surface area contributed by atoms with Gasteiger partial charge in [0.15, 0.2) is 0 Å². The summed E-state index contributed by atoms with van der Waals surface area (Å²) < 4.78 is 17.5. The lowest BCUT2D eigenvalue weighted by atomic mass is 9.89. The molecule has 4 rings (SSSR count). The van der Waals surface area contributed by atoms with Gasteiger partial charge in [0.1, 0.15) is 17.3 Å². The topological polar surface area (TPSA) is 81.8 Å². The van der Waals surface area contributed by atoms with Crippen LogP contribution in [0.3, 0.4) is 0 Å². The van der Waals surface area contributed by atoms with Crippen molar-refractivity contribution < 1.29 is 23.8 Å². The van der Waals surface area contributed by atoms with Gasteiger partial charge in [0.25, 0.3) is 0 Å². The van der Waals surface area contributed by atoms with Crippen LogP contribution in [0, 0.1) is 6.92 Å². The summed E-state index contributed by atoms with van der Waals surface area (Å²) in [6.07, 6.45) is 11.5. The monoisotopic (exact) mass is 499 g/mol. The van der Waals surface area contributed by atoms with E-state index in [0.717, 1.165) is 58.0 Å². The van der Waals surface area contributed by atoms with Crippen LogP contribution in [0.4, 0.5) is 0 Å². The second-order valence-electron chi connectivity index (χ2n) is 8.97. The van der Waals surface area contributed by atoms with Crippen molar-refractivity contribution in [2.45, 2.75) is 45.4 Å². The summed E-state index contributed by atoms with van der Waals surface area (Å²) in [6, 6.07) is 12.0. The van der Waals surface area contributed by atoms with E-state index < -0.39 is 5.97 Å². The van der Waals surface area contributed by atoms with Crippen LogP contribution in [0.1, 0.15) is 54.2 Å². The molecule has 1 atom stereocenters. The number of allylic oxidation sites excluding steroid dienone is 4. The normalized spacial score (nSPS) is 14.8. The standard InChI is InChI=1S/C31H33NO5/c1-4-6-7-8-9-29-32-28(21(3)37-29)16-17-36-26-18-23-10-11-24(19-30(33)34)31(23)27(20-26)22-12-14-25(15-13-22)35-5-2/h4,6-9,12-15,18,20,24H,1,5,10-11,16-17,19H2,2-3H3,(H,33,34)/b7-6-,9-8+. The first-order valence-electron chi connectivity index (χ1n) is 12.6. The van der Waals surface area contributed by atoms with Crippen molar-refractivity contribution in [1.82, 2.24) is 4.98 Å². The average Bonchev–Trinajstić information content (AvgIpc) is 3.44. The fourth-order valence-electron chi connectivity index (χ4n) is 4.78. The molecule has 6 heteroatoms. The van der Waals surface area contributed by atoms with E-state index in [1.165, 1.54) is 0 Å². The van der Waals surface area contributed by atoms with Gasteiger partial charge in [-0.15, -0.1) is 0 Å². The van der Waals surface area contributed by atoms with Crippen LogP contribution in [-0.4, -0.2) is 29.3 Å². The maximum Gasteiger partial charge on any atom is 0.303 e. The Balaban J connectivity index is 1.53. The van der Waals surface area contributed by atoms with Crippen molar-refractivity contribution in [3.05, 3.63) is 95.8 Å². The third-order valence-corrected chi connectivity index (χ3v) is 6.42. The molecule has 0 radical (unpaired) electrons. The molecular formula is C31H33NO5. The number of aromatic nitrogens is 1. The summed E-state index contributed by atoms with van der Waals surface area (Å²) in [4.78, 5) is 16.1. The van der Waals surface area contributed by atoms with Gasteiger partial charge in [-0.05, 0) is 79.1 Å². The number of benzene rings is 2. The molecule has 6 nitrogen and oxygen atoms in total. The number of ether oxygens (including phenoxy) is 2. The number of oxazole rings is 1. The molecule has 0 spiro atoms. The van der Waals surface area contributed by atoms with Gasteiger partial charge >= 0.3 is 5.97 Å². The summed E-state index contributed by atoms with van der Waals surface area (Å²) in [6.45, 7) is 8.56. The largest absolute Gasteiger partial charge is 0.494 e. The Hall–Kier alpha value is -4.06. The number of carboxylic acid groups (broad SMARTS) is 1. The number of carboxylic acids is 1. The van der Waals surface area contributed by atoms with E-state index in [0.29, 0.717) is 25.5 Å². The maximum atomic E-state index is 11.5. The van der Waals surface area contributed by atoms with Gasteiger partial charge in [-0.1, -0.05) is 43.0 Å². The van der Waals surface area contributed by atoms with Crippen LogP contribution in [-0.2, 0) is 17.6 Å². The Morgan fingerprint density at radius 2 is 1.97 bits per heavy atom. The number of hydrogen-bond acceptors (Lipinski definition) is 5. The molecule has 37 heavy (non-hydrogen) atoms. The van der Waals surface area contributed by atoms with Gasteiger partial charge < -0.3 is 19.0 Å². The molecule has 3 aromatic rings. The smallest absolute Gasteiger partial charge is 0.303 e. The van der Waals surface area contributed by atoms with Crippen molar-refractivity contribution in [3.8, 4) is 22.6 Å². The van der Waals surface area contributed by atoms with Gasteiger partial charge in [0.05, 0.1) is 25.3 Å². The predicted molar refractivity (Wildman–Crippen MR) is 145 cm³/mol. The van der Waals surface area contributed by atoms with Crippen LogP contribution in [0.15, 0.2) is 71.7 Å². The first kappa shape index (κ1) is 26.0. The van der Waals surface area contributed by atoms with Crippen molar-refractivity contribution in [3.63, 3.8) is 0 Å². The van der Waals surface area contributed by atoms with E-state index in [2.05, 4.69) is 17.6 Å². The molecule has 0 bridgehead atoms. The van der Waals surface area contributed by atoms with Gasteiger partial charge in [0, 0.05) is 12.5 Å². The SMILES string of the molecule is C=C/C=C\C=C\c1nc(CCOc2cc3c(c(-c4ccc(OCC)cc4)c2)C(CC(=O)O)CC3)c(C)o1. The number of fused-ring (bicyclic) bond motifs is 1. The Bertz CT molecular complexity index is 1300. The van der Waals surface area contributed by atoms with Crippen LogP contribution in [0.25, 0.3) is 17.2 Å². The Kier molecular flexibility index (Phi) is 8.62. The number of nitrogens with zero attached hydrogens (tertiary/aromatic N) is 1. The third-order valence-electron chi connectivity index (χ3n) is 6.42. The fraction of sp³-hybridized carbons (Fsp3) is 0.290. The summed E-state index contributed by atoms with van der Waals surface area (Å²) in [5, 5.41) is 9.47. The highest BCUT2D eigenvalue weighted by Crippen LogP contribution is 2.44. The molecule has 1 N–H and O–H groups in total. The molecule has 0 aliphatic heterocycles. The molecule has 1 heterocycles. The van der Waals surface area contributed by atoms with Gasteiger partial charge in [0.2, 0.25) is 5.89 Å². The zero-order valence-corrected chi connectivity index (χ0v) is 21.4. The van der Waals surface area contributed by atoms with Gasteiger partial charge in [-0.3, -0.25) is 4.79 Å². The van der Waals surface area contributed by atoms with Crippen molar-refractivity contribution >= 4 is 12.0 Å². The maximum absolute atomic E-state index is 11.5. The number of aryl methyl sites for hydroxylation is 2. The fourth-order valence-corrected chi connectivity index (χ4v) is 4.78. The van der Waals surface area contributed by atoms with Crippen molar-refractivity contribution in [2.24, 2.45) is 0 Å². The second-order valence-corrected chi connectivity index (χ2v) is 8.97. The van der Waals surface area contributed by atoms with Gasteiger partial charge in [-0.25, -0.2) is 4.98 Å². The molecule has 192 valence electrons. The van der Waals surface area contributed by atoms with E-state index in [4.69, 9.17) is 13.9 Å². The van der Waals surface area contributed by atoms with Gasteiger partial charge in [-0.2, -0.15) is 0 Å². The van der Waals surface area contributed by atoms with Crippen LogP contribution in [0.2, 0.25) is 0 Å². The zero-order valence-electron chi connectivity index (χ0n) is 21.4. The van der Waals surface area contributed by atoms with E-state index in [-0.39, 0.29) is 12.3 Å². The van der Waals surface area contributed by atoms with Crippen LogP contribution in [0.5, 0.6) is 11.5 Å². The van der Waals surface area contributed by atoms with Crippen molar-refractivity contribution in [1.29, 1.82) is 0 Å². The number of carbonyl (C=O) groups is 1. The lowest BCUT2D eigenvalue weighted by Gasteiger charge is -2.17. The lowest BCUT2D eigenvalue weighted by molar-refractivity contribution is -0.137. The number of hydrogen-bond donors (Lipinski definition) is 1. The molecule has 1 aromatic heterocycles. The van der Waals surface area contributed by atoms with Crippen molar-refractivity contribution in [2.75, 3.05) is 13.2 Å². The van der Waals surface area contributed by atoms with E-state index in [1.807, 2.05) is 68.5 Å². The van der Waals surface area contributed by atoms with E-state index in [9.17, 15) is 9.90 Å². The molecule has 0 saturated heterocycles. The minimum absolute atomic E-state index is 0.00583. The van der Waals surface area contributed by atoms with E-state index >= 15 is 0 Å². The Labute approximate surface area is 218 Å². The van der Waals surface area contributed by atoms with Crippen LogP contribution < -0.4 is 9.47 Å². The predicted octanol–water partition coefficient (Wildman–Crippen LogP) is 6.93. The zero-order chi connectivity index (χ0) is 26.2. The molecule has 2 aromatic carbocycles. The number of aliphatic carboxylic acids is 1. The summed E-state index contributed by atoms with van der Waals surface area (Å²) in [5.41, 5.74) is 5.19. The molecule has 0 amide bonds. The summed E-state index contributed by atoms with van der Waals surface area (Å²) >= 11 is 0. The molecule has 0 fully saturated rings. The molecule has 1 aliphatic rings. The average molecular weight is 500 g/mol. The first-order chi connectivity index (χ1) is 18.0. The quantitative estimate of drug-likeness (QED) is 0.272. The van der Waals surface area contributed by atoms with Crippen LogP contribution >= 0.6 is 0 Å². The minimum atomic E-state index is -0.773. The highest BCUT2D eigenvalue weighted by Gasteiger charge is 2.29. The molecular weight excluding hydrogens is 466 g/mol. The highest BCUT2D eigenvalue weighted by molar-refractivity contribution is 5.75. The molecule has 1 unspecified atom stereocenters. The molecule has 0 saturated carbocycles. The second kappa shape index (κ2) is 12.3. The summed E-state index contributed by atoms with van der Waals surface area (Å²) in [5.74, 6) is 2.14. The highest BCUT2D eigenvalue weighted by atomic mass is 16.5. The summed E-state index contributed by atoms with van der Waals surface area (Å²) in [7, 11) is 0. The minimum Gasteiger partial charge on any atom is -0.494 e. The first-order valence-corrected chi connectivity index (χ1v) is 12.6. The molecule has 1 aliphatic carbocycles. The van der Waals surface area contributed by atoms with E-state index in [1.54, 1.807) is 6.08 Å². The number of rotatable bonds is 12. The third kappa shape index (κ3) is 6.58.